The van der Waals surface area contributed by atoms with E-state index in [-0.39, 0.29) is 30.2 Å². The topological polar surface area (TPSA) is 154 Å². The lowest BCUT2D eigenvalue weighted by atomic mass is 10.0. The monoisotopic (exact) mass is 516 g/mol. The number of benzene rings is 3. The summed E-state index contributed by atoms with van der Waals surface area (Å²) in [6.45, 7) is 0.867. The summed E-state index contributed by atoms with van der Waals surface area (Å²) in [6, 6.07) is 16.1. The van der Waals surface area contributed by atoms with E-state index in [9.17, 15) is 23.4 Å². The Morgan fingerprint density at radius 1 is 1.00 bits per heavy atom. The van der Waals surface area contributed by atoms with Crippen molar-refractivity contribution in [1.82, 2.24) is 5.32 Å². The first-order chi connectivity index (χ1) is 17.1. The molecular formula is C25H28N2O8S. The summed E-state index contributed by atoms with van der Waals surface area (Å²) in [4.78, 5) is 11.0. The van der Waals surface area contributed by atoms with Crippen LogP contribution in [0.4, 0.5) is 5.69 Å². The number of aliphatic hydroxyl groups excluding tert-OH is 1. The van der Waals surface area contributed by atoms with Crippen LogP contribution in [-0.2, 0) is 10.0 Å². The molecule has 0 aliphatic carbocycles. The van der Waals surface area contributed by atoms with Crippen molar-refractivity contribution in [3.05, 3.63) is 71.8 Å². The first-order valence-electron chi connectivity index (χ1n) is 10.9. The number of carbonyl (C=O) groups is 1. The molecule has 0 aliphatic heterocycles. The first-order valence-corrected chi connectivity index (χ1v) is 12.8. The third kappa shape index (κ3) is 7.35. The number of rotatable bonds is 12. The SMILES string of the molecule is COc1cc(-c2ccc(C(=O)O)cc2)ccc1OCCNC[C@@H](O)c1ccc(O)c(NS(C)(=O)=O)c1. The van der Waals surface area contributed by atoms with Crippen LogP contribution in [0, 0.1) is 0 Å². The molecule has 1 atom stereocenters. The zero-order valence-corrected chi connectivity index (χ0v) is 20.6. The van der Waals surface area contributed by atoms with E-state index in [0.29, 0.717) is 23.6 Å². The smallest absolute Gasteiger partial charge is 0.335 e. The molecular weight excluding hydrogens is 488 g/mol. The molecule has 11 heteroatoms. The lowest BCUT2D eigenvalue weighted by molar-refractivity contribution is 0.0697. The number of phenols is 1. The minimum absolute atomic E-state index is 0.00856. The lowest BCUT2D eigenvalue weighted by Crippen LogP contribution is -2.26. The highest BCUT2D eigenvalue weighted by Crippen LogP contribution is 2.33. The van der Waals surface area contributed by atoms with Crippen molar-refractivity contribution in [3.8, 4) is 28.4 Å². The number of nitrogens with one attached hydrogen (secondary N) is 2. The van der Waals surface area contributed by atoms with Crippen LogP contribution in [0.2, 0.25) is 0 Å². The van der Waals surface area contributed by atoms with Crippen molar-refractivity contribution in [3.63, 3.8) is 0 Å². The number of anilines is 1. The van der Waals surface area contributed by atoms with E-state index in [1.807, 2.05) is 6.07 Å². The summed E-state index contributed by atoms with van der Waals surface area (Å²) >= 11 is 0. The molecule has 0 spiro atoms. The van der Waals surface area contributed by atoms with Crippen molar-refractivity contribution >= 4 is 21.7 Å². The second-order valence-electron chi connectivity index (χ2n) is 7.97. The number of aliphatic hydroxyl groups is 1. The van der Waals surface area contributed by atoms with E-state index in [2.05, 4.69) is 10.0 Å². The Labute approximate surface area is 209 Å². The summed E-state index contributed by atoms with van der Waals surface area (Å²) in [5, 5.41) is 32.3. The van der Waals surface area contributed by atoms with Crippen molar-refractivity contribution in [1.29, 1.82) is 0 Å². The van der Waals surface area contributed by atoms with Crippen LogP contribution in [0.15, 0.2) is 60.7 Å². The van der Waals surface area contributed by atoms with Crippen molar-refractivity contribution < 1.29 is 38.0 Å². The summed E-state index contributed by atoms with van der Waals surface area (Å²) in [5.41, 5.74) is 2.31. The van der Waals surface area contributed by atoms with Gasteiger partial charge in [-0.1, -0.05) is 24.3 Å². The molecule has 3 aromatic rings. The van der Waals surface area contributed by atoms with Gasteiger partial charge in [0.15, 0.2) is 11.5 Å². The van der Waals surface area contributed by atoms with E-state index in [1.165, 1.54) is 37.4 Å². The van der Waals surface area contributed by atoms with Gasteiger partial charge in [-0.15, -0.1) is 0 Å². The Bertz CT molecular complexity index is 1310. The number of sulfonamides is 1. The predicted octanol–water partition coefficient (Wildman–Crippen LogP) is 2.84. The van der Waals surface area contributed by atoms with Crippen LogP contribution in [0.1, 0.15) is 22.0 Å². The van der Waals surface area contributed by atoms with Crippen molar-refractivity contribution in [2.75, 3.05) is 37.8 Å². The molecule has 0 aliphatic rings. The fraction of sp³-hybridized carbons (Fsp3) is 0.240. The van der Waals surface area contributed by atoms with Gasteiger partial charge in [0.1, 0.15) is 12.4 Å². The summed E-state index contributed by atoms with van der Waals surface area (Å²) < 4.78 is 36.3. The van der Waals surface area contributed by atoms with Crippen molar-refractivity contribution in [2.45, 2.75) is 6.10 Å². The highest BCUT2D eigenvalue weighted by molar-refractivity contribution is 7.92. The minimum atomic E-state index is -3.58. The van der Waals surface area contributed by atoms with Crippen LogP contribution in [-0.4, -0.2) is 62.8 Å². The number of aromatic hydroxyl groups is 1. The quantitative estimate of drug-likeness (QED) is 0.181. The van der Waals surface area contributed by atoms with Gasteiger partial charge in [-0.25, -0.2) is 13.2 Å². The van der Waals surface area contributed by atoms with Gasteiger partial charge >= 0.3 is 5.97 Å². The normalized spacial score (nSPS) is 12.1. The molecule has 0 bridgehead atoms. The number of aromatic carboxylic acids is 1. The van der Waals surface area contributed by atoms with E-state index in [4.69, 9.17) is 14.6 Å². The minimum Gasteiger partial charge on any atom is -0.506 e. The van der Waals surface area contributed by atoms with Crippen LogP contribution < -0.4 is 19.5 Å². The number of methoxy groups -OCH3 is 1. The van der Waals surface area contributed by atoms with Gasteiger partial charge in [0, 0.05) is 13.1 Å². The molecule has 10 nitrogen and oxygen atoms in total. The molecule has 192 valence electrons. The average molecular weight is 517 g/mol. The molecule has 0 heterocycles. The number of hydrogen-bond donors (Lipinski definition) is 5. The maximum absolute atomic E-state index is 11.4. The van der Waals surface area contributed by atoms with E-state index < -0.39 is 22.1 Å². The fourth-order valence-corrected chi connectivity index (χ4v) is 3.97. The number of phenolic OH excluding ortho intramolecular Hbond substituents is 1. The number of carboxylic acids is 1. The summed E-state index contributed by atoms with van der Waals surface area (Å²) in [7, 11) is -2.05. The molecule has 3 rings (SSSR count). The Morgan fingerprint density at radius 3 is 2.33 bits per heavy atom. The van der Waals surface area contributed by atoms with Crippen LogP contribution in [0.5, 0.6) is 17.2 Å². The fourth-order valence-electron chi connectivity index (χ4n) is 3.40. The molecule has 0 saturated carbocycles. The molecule has 0 saturated heterocycles. The third-order valence-electron chi connectivity index (χ3n) is 5.20. The molecule has 5 N–H and O–H groups in total. The van der Waals surface area contributed by atoms with Gasteiger partial charge in [0.25, 0.3) is 0 Å². The van der Waals surface area contributed by atoms with Gasteiger partial charge in [-0.05, 0) is 53.1 Å². The second kappa shape index (κ2) is 11.8. The molecule has 0 aromatic heterocycles. The molecule has 0 radical (unpaired) electrons. The van der Waals surface area contributed by atoms with Gasteiger partial charge in [0.2, 0.25) is 10.0 Å². The Balaban J connectivity index is 1.53. The maximum atomic E-state index is 11.4. The Morgan fingerprint density at radius 2 is 1.69 bits per heavy atom. The standard InChI is InChI=1S/C25H28N2O8S/c1-34-24-14-18(16-3-5-17(6-4-16)25(30)31)8-10-23(24)35-12-11-26-15-22(29)19-7-9-21(28)20(13-19)27-36(2,32)33/h3-10,13-14,22,26-29H,11-12,15H2,1-2H3,(H,30,31)/t22-/m1/s1. The highest BCUT2D eigenvalue weighted by Gasteiger charge is 2.13. The van der Waals surface area contributed by atoms with Crippen LogP contribution in [0.3, 0.4) is 0 Å². The van der Waals surface area contributed by atoms with Gasteiger partial charge < -0.3 is 30.1 Å². The predicted molar refractivity (Wildman–Crippen MR) is 135 cm³/mol. The second-order valence-corrected chi connectivity index (χ2v) is 9.72. The van der Waals surface area contributed by atoms with Gasteiger partial charge in [-0.2, -0.15) is 0 Å². The molecule has 0 fully saturated rings. The maximum Gasteiger partial charge on any atom is 0.335 e. The van der Waals surface area contributed by atoms with E-state index >= 15 is 0 Å². The Hall–Kier alpha value is -3.80. The van der Waals surface area contributed by atoms with Gasteiger partial charge in [0.05, 0.1) is 30.7 Å². The van der Waals surface area contributed by atoms with Gasteiger partial charge in [-0.3, -0.25) is 4.72 Å². The number of hydrogen-bond acceptors (Lipinski definition) is 8. The van der Waals surface area contributed by atoms with Crippen LogP contribution >= 0.6 is 0 Å². The zero-order valence-electron chi connectivity index (χ0n) is 19.8. The largest absolute Gasteiger partial charge is 0.506 e. The summed E-state index contributed by atoms with van der Waals surface area (Å²) in [6.07, 6.45) is 0.0325. The van der Waals surface area contributed by atoms with E-state index in [0.717, 1.165) is 17.4 Å². The average Bonchev–Trinajstić information content (AvgIpc) is 2.84. The first kappa shape index (κ1) is 26.8. The molecule has 36 heavy (non-hydrogen) atoms. The molecule has 0 amide bonds. The highest BCUT2D eigenvalue weighted by atomic mass is 32.2. The summed E-state index contributed by atoms with van der Waals surface area (Å²) in [5.74, 6) is -0.179. The Kier molecular flexibility index (Phi) is 8.75. The molecule has 3 aromatic carbocycles. The number of ether oxygens (including phenoxy) is 2. The van der Waals surface area contributed by atoms with Crippen LogP contribution in [0.25, 0.3) is 11.1 Å². The van der Waals surface area contributed by atoms with E-state index in [1.54, 1.807) is 24.3 Å². The number of carboxylic acid groups (broad SMARTS) is 1. The molecule has 0 unspecified atom stereocenters. The third-order valence-corrected chi connectivity index (χ3v) is 5.79. The van der Waals surface area contributed by atoms with Crippen molar-refractivity contribution in [2.24, 2.45) is 0 Å². The zero-order chi connectivity index (χ0) is 26.3. The lowest BCUT2D eigenvalue weighted by Gasteiger charge is -2.16.